The first-order valence-electron chi connectivity index (χ1n) is 10.2. The highest BCUT2D eigenvalue weighted by atomic mass is 32.2. The van der Waals surface area contributed by atoms with Gasteiger partial charge in [0.05, 0.1) is 6.54 Å². The molecule has 0 bridgehead atoms. The van der Waals surface area contributed by atoms with Crippen molar-refractivity contribution in [3.63, 3.8) is 0 Å². The SMILES string of the molecule is CSCc1cccc(C(=O)NNC(=O)c2ccc(Cn3nnc(-c4ccccc4)n3)cc2)c1. The summed E-state index contributed by atoms with van der Waals surface area (Å²) >= 11 is 1.68. The van der Waals surface area contributed by atoms with Gasteiger partial charge in [0.1, 0.15) is 0 Å². The van der Waals surface area contributed by atoms with Crippen molar-refractivity contribution < 1.29 is 9.59 Å². The number of benzene rings is 3. The van der Waals surface area contributed by atoms with E-state index in [0.717, 1.165) is 22.4 Å². The molecule has 0 fully saturated rings. The van der Waals surface area contributed by atoms with Crippen molar-refractivity contribution in [1.29, 1.82) is 0 Å². The van der Waals surface area contributed by atoms with E-state index in [1.54, 1.807) is 30.0 Å². The third kappa shape index (κ3) is 5.83. The summed E-state index contributed by atoms with van der Waals surface area (Å²) in [4.78, 5) is 26.3. The average molecular weight is 459 g/mol. The number of hydrogen-bond donors (Lipinski definition) is 2. The topological polar surface area (TPSA) is 102 Å². The Morgan fingerprint density at radius 3 is 2.30 bits per heavy atom. The molecule has 1 aromatic heterocycles. The summed E-state index contributed by atoms with van der Waals surface area (Å²) in [7, 11) is 0. The molecule has 2 N–H and O–H groups in total. The van der Waals surface area contributed by atoms with Crippen molar-refractivity contribution in [1.82, 2.24) is 31.1 Å². The molecule has 4 rings (SSSR count). The minimum Gasteiger partial charge on any atom is -0.267 e. The van der Waals surface area contributed by atoms with Crippen LogP contribution in [0.1, 0.15) is 31.8 Å². The van der Waals surface area contributed by atoms with Gasteiger partial charge in [-0.05, 0) is 46.9 Å². The molecule has 0 spiro atoms. The zero-order valence-corrected chi connectivity index (χ0v) is 18.7. The van der Waals surface area contributed by atoms with Gasteiger partial charge in [-0.25, -0.2) is 0 Å². The van der Waals surface area contributed by atoms with Crippen molar-refractivity contribution in [3.05, 3.63) is 101 Å². The molecule has 4 aromatic rings. The van der Waals surface area contributed by atoms with Gasteiger partial charge in [-0.15, -0.1) is 10.2 Å². The van der Waals surface area contributed by atoms with E-state index in [9.17, 15) is 9.59 Å². The molecule has 166 valence electrons. The Morgan fingerprint density at radius 2 is 1.58 bits per heavy atom. The molecule has 3 aromatic carbocycles. The third-order valence-corrected chi connectivity index (χ3v) is 5.44. The molecule has 0 saturated carbocycles. The van der Waals surface area contributed by atoms with Crippen molar-refractivity contribution in [3.8, 4) is 11.4 Å². The first kappa shape index (κ1) is 22.2. The third-order valence-electron chi connectivity index (χ3n) is 4.81. The molecule has 0 aliphatic heterocycles. The van der Waals surface area contributed by atoms with Gasteiger partial charge >= 0.3 is 0 Å². The van der Waals surface area contributed by atoms with Crippen molar-refractivity contribution >= 4 is 23.6 Å². The van der Waals surface area contributed by atoms with E-state index in [-0.39, 0.29) is 5.91 Å². The number of tetrazole rings is 1. The van der Waals surface area contributed by atoms with E-state index in [1.807, 2.05) is 66.9 Å². The number of rotatable bonds is 7. The highest BCUT2D eigenvalue weighted by Gasteiger charge is 2.11. The number of amides is 2. The molecule has 0 radical (unpaired) electrons. The quantitative estimate of drug-likeness (QED) is 0.412. The number of carbonyl (C=O) groups is 2. The summed E-state index contributed by atoms with van der Waals surface area (Å²) in [6.45, 7) is 0.421. The van der Waals surface area contributed by atoms with Crippen LogP contribution in [0.3, 0.4) is 0 Å². The number of nitrogens with one attached hydrogen (secondary N) is 2. The molecular formula is C24H22N6O2S. The lowest BCUT2D eigenvalue weighted by Gasteiger charge is -2.09. The number of nitrogens with zero attached hydrogens (tertiary/aromatic N) is 4. The number of carbonyl (C=O) groups excluding carboxylic acids is 2. The minimum atomic E-state index is -0.402. The summed E-state index contributed by atoms with van der Waals surface area (Å²) in [6.07, 6.45) is 2.00. The van der Waals surface area contributed by atoms with Gasteiger partial charge < -0.3 is 0 Å². The molecular weight excluding hydrogens is 436 g/mol. The molecule has 9 heteroatoms. The fourth-order valence-corrected chi connectivity index (χ4v) is 3.68. The van der Waals surface area contributed by atoms with E-state index in [2.05, 4.69) is 26.3 Å². The Bertz CT molecular complexity index is 1240. The molecule has 0 aliphatic carbocycles. The number of thioether (sulfide) groups is 1. The Labute approximate surface area is 195 Å². The molecule has 33 heavy (non-hydrogen) atoms. The van der Waals surface area contributed by atoms with Crippen molar-refractivity contribution in [2.24, 2.45) is 0 Å². The second kappa shape index (κ2) is 10.6. The van der Waals surface area contributed by atoms with Gasteiger partial charge in [0.15, 0.2) is 0 Å². The standard InChI is InChI=1S/C24H22N6O2S/c1-33-16-18-6-5-9-21(14-18)24(32)27-26-23(31)20-12-10-17(11-13-20)15-30-28-22(25-29-30)19-7-3-2-4-8-19/h2-14H,15-16H2,1H3,(H,26,31)(H,27,32). The first-order chi connectivity index (χ1) is 16.1. The predicted octanol–water partition coefficient (Wildman–Crippen LogP) is 3.33. The number of aromatic nitrogens is 4. The van der Waals surface area contributed by atoms with Gasteiger partial charge in [-0.3, -0.25) is 20.4 Å². The van der Waals surface area contributed by atoms with Crippen LogP contribution in [0.25, 0.3) is 11.4 Å². The molecule has 0 unspecified atom stereocenters. The Kier molecular flexibility index (Phi) is 7.11. The minimum absolute atomic E-state index is 0.366. The predicted molar refractivity (Wildman–Crippen MR) is 127 cm³/mol. The summed E-state index contributed by atoms with van der Waals surface area (Å²) in [5.74, 6) is 0.605. The lowest BCUT2D eigenvalue weighted by Crippen LogP contribution is -2.41. The van der Waals surface area contributed by atoms with Crippen LogP contribution in [0, 0.1) is 0 Å². The fraction of sp³-hybridized carbons (Fsp3) is 0.125. The second-order valence-corrected chi connectivity index (χ2v) is 8.11. The van der Waals surface area contributed by atoms with Crippen molar-refractivity contribution in [2.45, 2.75) is 12.3 Å². The van der Waals surface area contributed by atoms with Gasteiger partial charge in [-0.1, -0.05) is 54.6 Å². The van der Waals surface area contributed by atoms with E-state index < -0.39 is 5.91 Å². The van der Waals surface area contributed by atoms with Crippen LogP contribution < -0.4 is 10.9 Å². The lowest BCUT2D eigenvalue weighted by atomic mass is 10.1. The fourth-order valence-electron chi connectivity index (χ4n) is 3.16. The molecule has 2 amide bonds. The maximum absolute atomic E-state index is 12.4. The zero-order chi connectivity index (χ0) is 23.0. The normalized spacial score (nSPS) is 10.6. The lowest BCUT2D eigenvalue weighted by molar-refractivity contribution is 0.0846. The molecule has 1 heterocycles. The van der Waals surface area contributed by atoms with Crippen molar-refractivity contribution in [2.75, 3.05) is 6.26 Å². The van der Waals surface area contributed by atoms with Crippen LogP contribution in [0.15, 0.2) is 78.9 Å². The maximum atomic E-state index is 12.4. The molecule has 8 nitrogen and oxygen atoms in total. The van der Waals surface area contributed by atoms with Gasteiger partial charge in [0, 0.05) is 22.4 Å². The van der Waals surface area contributed by atoms with Crippen LogP contribution in [0.4, 0.5) is 0 Å². The monoisotopic (exact) mass is 458 g/mol. The molecule has 0 saturated heterocycles. The average Bonchev–Trinajstić information content (AvgIpc) is 3.32. The highest BCUT2D eigenvalue weighted by molar-refractivity contribution is 7.97. The molecule has 0 aliphatic rings. The highest BCUT2D eigenvalue weighted by Crippen LogP contribution is 2.13. The van der Waals surface area contributed by atoms with Crippen LogP contribution in [0.2, 0.25) is 0 Å². The van der Waals surface area contributed by atoms with Gasteiger partial charge in [0.25, 0.3) is 11.8 Å². The summed E-state index contributed by atoms with van der Waals surface area (Å²) < 4.78 is 0. The van der Waals surface area contributed by atoms with Gasteiger partial charge in [-0.2, -0.15) is 16.6 Å². The Morgan fingerprint density at radius 1 is 0.848 bits per heavy atom. The largest absolute Gasteiger partial charge is 0.269 e. The number of hydrogen-bond acceptors (Lipinski definition) is 6. The van der Waals surface area contributed by atoms with E-state index >= 15 is 0 Å². The number of hydrazine groups is 1. The van der Waals surface area contributed by atoms with E-state index in [0.29, 0.717) is 23.5 Å². The van der Waals surface area contributed by atoms with Crippen LogP contribution in [-0.4, -0.2) is 38.3 Å². The van der Waals surface area contributed by atoms with Crippen LogP contribution in [0.5, 0.6) is 0 Å². The van der Waals surface area contributed by atoms with Crippen LogP contribution >= 0.6 is 11.8 Å². The smallest absolute Gasteiger partial charge is 0.267 e. The molecule has 0 atom stereocenters. The maximum Gasteiger partial charge on any atom is 0.269 e. The Hall–Kier alpha value is -3.98. The van der Waals surface area contributed by atoms with Crippen LogP contribution in [-0.2, 0) is 12.3 Å². The summed E-state index contributed by atoms with van der Waals surface area (Å²) in [6, 6.07) is 23.9. The van der Waals surface area contributed by atoms with E-state index in [1.165, 1.54) is 4.80 Å². The second-order valence-electron chi connectivity index (χ2n) is 7.25. The first-order valence-corrected chi connectivity index (χ1v) is 11.6. The zero-order valence-electron chi connectivity index (χ0n) is 17.9. The van der Waals surface area contributed by atoms with E-state index in [4.69, 9.17) is 0 Å². The van der Waals surface area contributed by atoms with Gasteiger partial charge in [0.2, 0.25) is 5.82 Å². The summed E-state index contributed by atoms with van der Waals surface area (Å²) in [5.41, 5.74) is 8.70. The summed E-state index contributed by atoms with van der Waals surface area (Å²) in [5, 5.41) is 12.6. The Balaban J connectivity index is 1.32.